The molecule has 2 aromatic carbocycles. The molecular weight excluding hydrogens is 432 g/mol. The number of hydrogen-bond donors (Lipinski definition) is 1. The second-order valence-electron chi connectivity index (χ2n) is 9.36. The predicted octanol–water partition coefficient (Wildman–Crippen LogP) is 4.75. The number of amides is 2. The lowest BCUT2D eigenvalue weighted by Crippen LogP contribution is -2.50. The number of methoxy groups -OCH3 is 1. The molecule has 3 aliphatic rings. The molecule has 1 saturated heterocycles. The van der Waals surface area contributed by atoms with Crippen molar-refractivity contribution in [2.45, 2.75) is 63.5 Å². The van der Waals surface area contributed by atoms with Gasteiger partial charge in [0.2, 0.25) is 18.6 Å². The Balaban J connectivity index is 1.49. The first kappa shape index (κ1) is 22.6. The lowest BCUT2D eigenvalue weighted by atomic mass is 9.82. The summed E-state index contributed by atoms with van der Waals surface area (Å²) < 4.78 is 16.4. The molecule has 1 aliphatic carbocycles. The number of anilines is 1. The van der Waals surface area contributed by atoms with Crippen molar-refractivity contribution < 1.29 is 23.8 Å². The molecule has 2 atom stereocenters. The number of nitrogens with one attached hydrogen (secondary N) is 1. The van der Waals surface area contributed by atoms with Crippen LogP contribution >= 0.6 is 0 Å². The molecule has 0 radical (unpaired) electrons. The first-order valence-corrected chi connectivity index (χ1v) is 12.3. The quantitative estimate of drug-likeness (QED) is 0.647. The molecule has 2 heterocycles. The molecule has 2 aliphatic heterocycles. The second-order valence-corrected chi connectivity index (χ2v) is 9.36. The van der Waals surface area contributed by atoms with Gasteiger partial charge < -0.3 is 24.4 Å². The summed E-state index contributed by atoms with van der Waals surface area (Å²) in [4.78, 5) is 28.7. The van der Waals surface area contributed by atoms with E-state index in [-0.39, 0.29) is 30.6 Å². The minimum atomic E-state index is -0.418. The van der Waals surface area contributed by atoms with Crippen LogP contribution in [0.3, 0.4) is 0 Å². The van der Waals surface area contributed by atoms with Crippen LogP contribution in [-0.2, 0) is 9.59 Å². The third-order valence-corrected chi connectivity index (χ3v) is 7.23. The number of carbonyl (C=O) groups is 2. The number of fused-ring (bicyclic) bond motifs is 1. The summed E-state index contributed by atoms with van der Waals surface area (Å²) in [5.74, 6) is 1.70. The third-order valence-electron chi connectivity index (χ3n) is 7.23. The van der Waals surface area contributed by atoms with Gasteiger partial charge in [0.15, 0.2) is 11.5 Å². The highest BCUT2D eigenvalue weighted by molar-refractivity contribution is 5.97. The molecule has 1 N–H and O–H groups in total. The summed E-state index contributed by atoms with van der Waals surface area (Å²) >= 11 is 0. The summed E-state index contributed by atoms with van der Waals surface area (Å²) in [7, 11) is 1.63. The minimum Gasteiger partial charge on any atom is -0.497 e. The Kier molecular flexibility index (Phi) is 6.61. The van der Waals surface area contributed by atoms with Gasteiger partial charge >= 0.3 is 0 Å². The number of benzene rings is 2. The van der Waals surface area contributed by atoms with Crippen molar-refractivity contribution >= 4 is 17.5 Å². The van der Waals surface area contributed by atoms with E-state index in [1.807, 2.05) is 42.5 Å². The Labute approximate surface area is 200 Å². The van der Waals surface area contributed by atoms with Gasteiger partial charge in [0.1, 0.15) is 5.75 Å². The van der Waals surface area contributed by atoms with Crippen LogP contribution in [0.1, 0.15) is 63.0 Å². The fourth-order valence-electron chi connectivity index (χ4n) is 5.42. The van der Waals surface area contributed by atoms with Crippen molar-refractivity contribution in [1.29, 1.82) is 0 Å². The number of nitrogens with zero attached hydrogens (tertiary/aromatic N) is 1. The first-order chi connectivity index (χ1) is 16.6. The number of ether oxygens (including phenoxy) is 3. The highest BCUT2D eigenvalue weighted by atomic mass is 16.7. The Morgan fingerprint density at radius 3 is 2.44 bits per heavy atom. The molecule has 0 spiro atoms. The first-order valence-electron chi connectivity index (χ1n) is 12.3. The van der Waals surface area contributed by atoms with E-state index in [9.17, 15) is 9.59 Å². The number of hydrogen-bond acceptors (Lipinski definition) is 5. The SMILES string of the molecule is COc1ccc([C@H]2[C@H](C(=O)NC3CCCCCC3)CCC(=O)N2c2ccc3c(c2)OCO3)cc1. The van der Waals surface area contributed by atoms with Gasteiger partial charge in [-0.15, -0.1) is 0 Å². The van der Waals surface area contributed by atoms with E-state index in [2.05, 4.69) is 5.32 Å². The molecular formula is C27H32N2O5. The summed E-state index contributed by atoms with van der Waals surface area (Å²) in [6.07, 6.45) is 7.66. The van der Waals surface area contributed by atoms with Gasteiger partial charge in [0.25, 0.3) is 0 Å². The van der Waals surface area contributed by atoms with E-state index >= 15 is 0 Å². The zero-order chi connectivity index (χ0) is 23.5. The molecule has 0 aromatic heterocycles. The van der Waals surface area contributed by atoms with Gasteiger partial charge in [0, 0.05) is 24.2 Å². The molecule has 7 nitrogen and oxygen atoms in total. The van der Waals surface area contributed by atoms with Crippen LogP contribution in [0.4, 0.5) is 5.69 Å². The van der Waals surface area contributed by atoms with Crippen LogP contribution in [0.15, 0.2) is 42.5 Å². The summed E-state index contributed by atoms with van der Waals surface area (Å²) in [6, 6.07) is 13.0. The smallest absolute Gasteiger partial charge is 0.231 e. The van der Waals surface area contributed by atoms with Crippen molar-refractivity contribution in [3.8, 4) is 17.2 Å². The van der Waals surface area contributed by atoms with Gasteiger partial charge in [-0.05, 0) is 49.1 Å². The molecule has 34 heavy (non-hydrogen) atoms. The van der Waals surface area contributed by atoms with Crippen molar-refractivity contribution in [1.82, 2.24) is 5.32 Å². The third kappa shape index (κ3) is 4.56. The highest BCUT2D eigenvalue weighted by Gasteiger charge is 2.42. The van der Waals surface area contributed by atoms with Gasteiger partial charge in [-0.25, -0.2) is 0 Å². The van der Waals surface area contributed by atoms with Gasteiger partial charge in [-0.3, -0.25) is 9.59 Å². The highest BCUT2D eigenvalue weighted by Crippen LogP contribution is 2.43. The normalized spacial score (nSPS) is 22.9. The fraction of sp³-hybridized carbons (Fsp3) is 0.481. The van der Waals surface area contributed by atoms with E-state index < -0.39 is 6.04 Å². The predicted molar refractivity (Wildman–Crippen MR) is 128 cm³/mol. The summed E-state index contributed by atoms with van der Waals surface area (Å²) in [5, 5.41) is 3.33. The van der Waals surface area contributed by atoms with Crippen molar-refractivity contribution in [3.05, 3.63) is 48.0 Å². The van der Waals surface area contributed by atoms with Crippen LogP contribution < -0.4 is 24.4 Å². The lowest BCUT2D eigenvalue weighted by Gasteiger charge is -2.41. The fourth-order valence-corrected chi connectivity index (χ4v) is 5.42. The Bertz CT molecular complexity index is 1030. The van der Waals surface area contributed by atoms with Crippen LogP contribution in [0.5, 0.6) is 17.2 Å². The van der Waals surface area contributed by atoms with Crippen LogP contribution in [-0.4, -0.2) is 31.8 Å². The Morgan fingerprint density at radius 2 is 1.71 bits per heavy atom. The van der Waals surface area contributed by atoms with E-state index in [1.54, 1.807) is 12.0 Å². The van der Waals surface area contributed by atoms with Gasteiger partial charge in [0.05, 0.1) is 19.1 Å². The summed E-state index contributed by atoms with van der Waals surface area (Å²) in [6.45, 7) is 0.168. The second kappa shape index (κ2) is 9.95. The van der Waals surface area contributed by atoms with Crippen LogP contribution in [0.2, 0.25) is 0 Å². The topological polar surface area (TPSA) is 77.1 Å². The number of piperidine rings is 1. The van der Waals surface area contributed by atoms with Gasteiger partial charge in [-0.1, -0.05) is 37.8 Å². The molecule has 2 amide bonds. The molecule has 180 valence electrons. The molecule has 1 saturated carbocycles. The maximum absolute atomic E-state index is 13.6. The Hall–Kier alpha value is -3.22. The molecule has 0 unspecified atom stereocenters. The van der Waals surface area contributed by atoms with E-state index in [0.29, 0.717) is 30.0 Å². The molecule has 0 bridgehead atoms. The molecule has 2 fully saturated rings. The number of carbonyl (C=O) groups excluding carboxylic acids is 2. The molecule has 7 heteroatoms. The van der Waals surface area contributed by atoms with E-state index in [1.165, 1.54) is 12.8 Å². The monoisotopic (exact) mass is 464 g/mol. The van der Waals surface area contributed by atoms with Crippen LogP contribution in [0, 0.1) is 5.92 Å². The lowest BCUT2D eigenvalue weighted by molar-refractivity contribution is -0.130. The minimum absolute atomic E-state index is 0.00167. The summed E-state index contributed by atoms with van der Waals surface area (Å²) in [5.41, 5.74) is 1.62. The zero-order valence-corrected chi connectivity index (χ0v) is 19.6. The average Bonchev–Trinajstić information content (AvgIpc) is 3.19. The van der Waals surface area contributed by atoms with E-state index in [0.717, 1.165) is 37.0 Å². The van der Waals surface area contributed by atoms with E-state index in [4.69, 9.17) is 14.2 Å². The van der Waals surface area contributed by atoms with Gasteiger partial charge in [-0.2, -0.15) is 0 Å². The largest absolute Gasteiger partial charge is 0.497 e. The zero-order valence-electron chi connectivity index (χ0n) is 19.6. The number of rotatable bonds is 5. The van der Waals surface area contributed by atoms with Crippen LogP contribution in [0.25, 0.3) is 0 Å². The molecule has 2 aromatic rings. The standard InChI is InChI=1S/C27H32N2O5/c1-32-21-11-8-18(9-12-21)26-22(27(31)28-19-6-4-2-3-5-7-19)13-15-25(30)29(26)20-10-14-23-24(16-20)34-17-33-23/h8-12,14,16,19,22,26H,2-7,13,15,17H2,1H3,(H,28,31)/t22-,26+/m1/s1. The van der Waals surface area contributed by atoms with Crippen molar-refractivity contribution in [2.24, 2.45) is 5.92 Å². The van der Waals surface area contributed by atoms with Crippen molar-refractivity contribution in [2.75, 3.05) is 18.8 Å². The maximum atomic E-state index is 13.6. The Morgan fingerprint density at radius 1 is 0.971 bits per heavy atom. The van der Waals surface area contributed by atoms with Crippen molar-refractivity contribution in [3.63, 3.8) is 0 Å². The molecule has 5 rings (SSSR count). The average molecular weight is 465 g/mol. The maximum Gasteiger partial charge on any atom is 0.231 e.